The van der Waals surface area contributed by atoms with Gasteiger partial charge in [0.1, 0.15) is 6.04 Å². The number of halogens is 2. The molecule has 3 aromatic carbocycles. The van der Waals surface area contributed by atoms with E-state index in [4.69, 9.17) is 23.2 Å². The van der Waals surface area contributed by atoms with Gasteiger partial charge in [-0.15, -0.1) is 0 Å². The van der Waals surface area contributed by atoms with Crippen molar-refractivity contribution in [2.45, 2.75) is 45.3 Å². The van der Waals surface area contributed by atoms with Crippen LogP contribution in [0.15, 0.2) is 66.7 Å². The van der Waals surface area contributed by atoms with E-state index in [-0.39, 0.29) is 35.1 Å². The lowest BCUT2D eigenvalue weighted by Crippen LogP contribution is -2.73. The smallest absolute Gasteiger partial charge is 0.282 e. The maximum absolute atomic E-state index is 14.3. The number of piperidine rings is 1. The highest BCUT2D eigenvalue weighted by Crippen LogP contribution is 2.32. The van der Waals surface area contributed by atoms with Crippen LogP contribution in [-0.4, -0.2) is 90.6 Å². The largest absolute Gasteiger partial charge is 0.334 e. The second-order valence-corrected chi connectivity index (χ2v) is 13.2. The van der Waals surface area contributed by atoms with Crippen molar-refractivity contribution in [2.75, 3.05) is 53.4 Å². The SMILES string of the molecule is CN[N+](CC(=O)N1CCN(C(=O)c2cc(C)cc(C)c2)CC1c1ccc(Cl)c(Cl)c1)(NC)C1CCN(Cc2ccccc2)CC1. The summed E-state index contributed by atoms with van der Waals surface area (Å²) < 4.78 is 0.286. The molecule has 2 fully saturated rings. The first-order valence-corrected chi connectivity index (χ1v) is 16.5. The third-order valence-corrected chi connectivity index (χ3v) is 10.1. The number of nitrogens with zero attached hydrogens (tertiary/aromatic N) is 4. The van der Waals surface area contributed by atoms with Gasteiger partial charge in [0.15, 0.2) is 6.54 Å². The van der Waals surface area contributed by atoms with Crippen LogP contribution >= 0.6 is 23.2 Å². The van der Waals surface area contributed by atoms with Crippen LogP contribution in [0.4, 0.5) is 0 Å². The number of likely N-dealkylation sites (tertiary alicyclic amines) is 1. The lowest BCUT2D eigenvalue weighted by Gasteiger charge is -2.47. The molecule has 1 atom stereocenters. The summed E-state index contributed by atoms with van der Waals surface area (Å²) in [7, 11) is 3.83. The Morgan fingerprint density at radius 2 is 1.51 bits per heavy atom. The molecule has 240 valence electrons. The molecule has 2 aliphatic heterocycles. The highest BCUT2D eigenvalue weighted by atomic mass is 35.5. The van der Waals surface area contributed by atoms with Crippen molar-refractivity contribution in [3.05, 3.63) is 105 Å². The van der Waals surface area contributed by atoms with Gasteiger partial charge in [0.25, 0.3) is 11.8 Å². The zero-order valence-corrected chi connectivity index (χ0v) is 28.2. The second-order valence-electron chi connectivity index (χ2n) is 12.4. The maximum atomic E-state index is 14.3. The van der Waals surface area contributed by atoms with E-state index in [9.17, 15) is 9.59 Å². The fourth-order valence-corrected chi connectivity index (χ4v) is 7.29. The molecule has 2 heterocycles. The molecule has 0 bridgehead atoms. The van der Waals surface area contributed by atoms with E-state index >= 15 is 0 Å². The Labute approximate surface area is 277 Å². The number of amides is 2. The Morgan fingerprint density at radius 3 is 2.13 bits per heavy atom. The Bertz CT molecular complexity index is 1470. The molecule has 2 saturated heterocycles. The van der Waals surface area contributed by atoms with Crippen LogP contribution in [0.25, 0.3) is 0 Å². The van der Waals surface area contributed by atoms with Crippen molar-refractivity contribution in [3.63, 3.8) is 0 Å². The van der Waals surface area contributed by atoms with E-state index in [0.717, 1.165) is 49.2 Å². The molecule has 1 unspecified atom stereocenters. The van der Waals surface area contributed by atoms with Gasteiger partial charge >= 0.3 is 0 Å². The quantitative estimate of drug-likeness (QED) is 0.240. The van der Waals surface area contributed by atoms with Crippen molar-refractivity contribution in [1.29, 1.82) is 0 Å². The highest BCUT2D eigenvalue weighted by molar-refractivity contribution is 6.42. The summed E-state index contributed by atoms with van der Waals surface area (Å²) in [5.41, 5.74) is 11.9. The van der Waals surface area contributed by atoms with Gasteiger partial charge < -0.3 is 9.80 Å². The van der Waals surface area contributed by atoms with Crippen molar-refractivity contribution in [2.24, 2.45) is 0 Å². The lowest BCUT2D eigenvalue weighted by atomic mass is 10.00. The van der Waals surface area contributed by atoms with Crippen molar-refractivity contribution < 1.29 is 14.3 Å². The normalized spacial score (nSPS) is 18.3. The number of carbonyl (C=O) groups excluding carboxylic acids is 2. The summed E-state index contributed by atoms with van der Waals surface area (Å²) in [6.07, 6.45) is 1.91. The summed E-state index contributed by atoms with van der Waals surface area (Å²) in [5, 5.41) is 0.883. The number of hydrogen-bond donors (Lipinski definition) is 2. The van der Waals surface area contributed by atoms with Crippen LogP contribution in [0, 0.1) is 13.8 Å². The number of carbonyl (C=O) groups is 2. The minimum atomic E-state index is -0.362. The molecule has 0 aromatic heterocycles. The van der Waals surface area contributed by atoms with E-state index in [2.05, 4.69) is 46.1 Å². The molecule has 5 rings (SSSR count). The van der Waals surface area contributed by atoms with Gasteiger partial charge in [-0.3, -0.25) is 14.5 Å². The van der Waals surface area contributed by atoms with Crippen LogP contribution in [0.1, 0.15) is 51.5 Å². The average molecular weight is 653 g/mol. The molecule has 0 radical (unpaired) electrons. The monoisotopic (exact) mass is 651 g/mol. The Kier molecular flexibility index (Phi) is 10.9. The molecule has 10 heteroatoms. The molecular weight excluding hydrogens is 607 g/mol. The number of rotatable bonds is 9. The molecular formula is C35H45Cl2N6O2+. The van der Waals surface area contributed by atoms with Crippen LogP contribution in [0.2, 0.25) is 10.0 Å². The van der Waals surface area contributed by atoms with Gasteiger partial charge in [-0.1, -0.05) is 76.8 Å². The third-order valence-electron chi connectivity index (χ3n) is 9.40. The zero-order valence-electron chi connectivity index (χ0n) is 26.7. The first-order chi connectivity index (χ1) is 21.6. The van der Waals surface area contributed by atoms with Crippen molar-refractivity contribution in [3.8, 4) is 0 Å². The standard InChI is InChI=1S/C35H45Cl2N6O2/c1-25-18-26(2)20-29(19-25)35(45)41-16-17-42(33(23-41)28-10-11-31(36)32(37)21-28)34(44)24-43(38-3,39-4)30-12-14-40(15-13-30)22-27-8-6-5-7-9-27/h5-11,18-21,30,33,38-39H,12-17,22-24H2,1-4H3/q+1. The van der Waals surface area contributed by atoms with Crippen LogP contribution in [0.3, 0.4) is 0 Å². The van der Waals surface area contributed by atoms with Gasteiger partial charge in [0, 0.05) is 71.8 Å². The molecule has 3 aromatic rings. The Hall–Kier alpha value is -2.98. The molecule has 8 nitrogen and oxygen atoms in total. The first-order valence-electron chi connectivity index (χ1n) is 15.8. The van der Waals surface area contributed by atoms with Gasteiger partial charge in [-0.05, 0) is 49.2 Å². The van der Waals surface area contributed by atoms with E-state index < -0.39 is 0 Å². The van der Waals surface area contributed by atoms with Gasteiger partial charge in [-0.25, -0.2) is 0 Å². The molecule has 0 aliphatic carbocycles. The van der Waals surface area contributed by atoms with E-state index in [1.165, 1.54) is 5.56 Å². The fraction of sp³-hybridized carbons (Fsp3) is 0.429. The fourth-order valence-electron chi connectivity index (χ4n) is 6.98. The number of aryl methyl sites for hydroxylation is 2. The maximum Gasteiger partial charge on any atom is 0.282 e. The first kappa shape index (κ1) is 33.4. The second kappa shape index (κ2) is 14.6. The van der Waals surface area contributed by atoms with Crippen molar-refractivity contribution >= 4 is 35.0 Å². The highest BCUT2D eigenvalue weighted by Gasteiger charge is 2.43. The van der Waals surface area contributed by atoms with Crippen molar-refractivity contribution in [1.82, 2.24) is 25.6 Å². The van der Waals surface area contributed by atoms with E-state index in [1.54, 1.807) is 6.07 Å². The molecule has 2 amide bonds. The Morgan fingerprint density at radius 1 is 0.844 bits per heavy atom. The summed E-state index contributed by atoms with van der Waals surface area (Å²) in [6, 6.07) is 21.8. The van der Waals surface area contributed by atoms with Crippen LogP contribution in [-0.2, 0) is 11.3 Å². The lowest BCUT2D eigenvalue weighted by molar-refractivity contribution is -1.02. The number of benzene rings is 3. The minimum absolute atomic E-state index is 0.0139. The summed E-state index contributed by atoms with van der Waals surface area (Å²) in [6.45, 7) is 8.33. The van der Waals surface area contributed by atoms with Gasteiger partial charge in [0.2, 0.25) is 0 Å². The van der Waals surface area contributed by atoms with E-state index in [1.807, 2.05) is 68.1 Å². The van der Waals surface area contributed by atoms with E-state index in [0.29, 0.717) is 35.2 Å². The number of piperazine rings is 1. The Balaban J connectivity index is 1.33. The molecule has 45 heavy (non-hydrogen) atoms. The topological polar surface area (TPSA) is 67.9 Å². The molecule has 0 saturated carbocycles. The minimum Gasteiger partial charge on any atom is -0.334 e. The predicted octanol–water partition coefficient (Wildman–Crippen LogP) is 5.39. The van der Waals surface area contributed by atoms with Crippen LogP contribution < -0.4 is 10.9 Å². The summed E-state index contributed by atoms with van der Waals surface area (Å²) in [4.78, 5) is 34.3. The molecule has 2 N–H and O–H groups in total. The zero-order chi connectivity index (χ0) is 32.1. The van der Waals surface area contributed by atoms with Gasteiger partial charge in [-0.2, -0.15) is 15.6 Å². The number of hydrogen-bond acceptors (Lipinski definition) is 5. The molecule has 0 spiro atoms. The number of nitrogens with one attached hydrogen (secondary N) is 2. The molecule has 2 aliphatic rings. The van der Waals surface area contributed by atoms with Crippen LogP contribution in [0.5, 0.6) is 0 Å². The third kappa shape index (κ3) is 7.71. The average Bonchev–Trinajstić information content (AvgIpc) is 3.04. The summed E-state index contributed by atoms with van der Waals surface area (Å²) in [5.74, 6) is -0.0169. The number of quaternary nitrogens is 1. The van der Waals surface area contributed by atoms with Gasteiger partial charge in [0.05, 0.1) is 16.1 Å². The summed E-state index contributed by atoms with van der Waals surface area (Å²) >= 11 is 12.7. The predicted molar refractivity (Wildman–Crippen MR) is 181 cm³/mol.